The van der Waals surface area contributed by atoms with Crippen molar-refractivity contribution in [3.8, 4) is 34.1 Å². The van der Waals surface area contributed by atoms with E-state index in [2.05, 4.69) is 20.9 Å². The Kier molecular flexibility index (Phi) is 17.9. The van der Waals surface area contributed by atoms with Crippen molar-refractivity contribution in [2.45, 2.75) is 106 Å². The third-order valence-corrected chi connectivity index (χ3v) is 12.4. The van der Waals surface area contributed by atoms with Crippen LogP contribution in [0.1, 0.15) is 80.3 Å². The van der Waals surface area contributed by atoms with Crippen LogP contribution in [0.4, 0.5) is 0 Å². The lowest BCUT2D eigenvalue weighted by molar-refractivity contribution is -0.140. The highest BCUT2D eigenvalue weighted by Crippen LogP contribution is 2.38. The predicted molar refractivity (Wildman–Crippen MR) is 253 cm³/mol. The second kappa shape index (κ2) is 23.7. The summed E-state index contributed by atoms with van der Waals surface area (Å²) in [6.45, 7) is 11.5. The van der Waals surface area contributed by atoms with E-state index in [-0.39, 0.29) is 65.6 Å². The maximum absolute atomic E-state index is 11.8. The molecule has 2 unspecified atom stereocenters. The van der Waals surface area contributed by atoms with Gasteiger partial charge in [0.05, 0.1) is 32.6 Å². The van der Waals surface area contributed by atoms with E-state index in [1.54, 1.807) is 38.1 Å². The minimum Gasteiger partial charge on any atom is -0.488 e. The minimum absolute atomic E-state index is 0.0223. The number of aromatic nitrogens is 2. The molecule has 0 fully saturated rings. The number of nitrogens with zero attached hydrogens (tertiary/aromatic N) is 2. The van der Waals surface area contributed by atoms with Gasteiger partial charge < -0.3 is 59.1 Å². The summed E-state index contributed by atoms with van der Waals surface area (Å²) in [5, 5.41) is 52.7. The molecule has 6 aromatic rings. The summed E-state index contributed by atoms with van der Waals surface area (Å²) in [6.07, 6.45) is 0.0447. The lowest BCUT2D eigenvalue weighted by atomic mass is 9.92. The van der Waals surface area contributed by atoms with E-state index in [9.17, 15) is 30.0 Å². The molecule has 0 amide bonds. The fraction of sp³-hybridized carbons (Fsp3) is 0.360. The van der Waals surface area contributed by atoms with Gasteiger partial charge in [-0.1, -0.05) is 69.9 Å². The Morgan fingerprint density at radius 2 is 0.956 bits per heavy atom. The topological polar surface area (TPSA) is 228 Å². The molecule has 0 saturated heterocycles. The van der Waals surface area contributed by atoms with Gasteiger partial charge in [0.2, 0.25) is 0 Å². The van der Waals surface area contributed by atoms with Crippen molar-refractivity contribution in [2.24, 2.45) is 0 Å². The molecular formula is C50H56Cl2N4O12. The summed E-state index contributed by atoms with van der Waals surface area (Å²) in [6, 6.07) is 16.7. The van der Waals surface area contributed by atoms with Gasteiger partial charge in [0.25, 0.3) is 0 Å². The van der Waals surface area contributed by atoms with Crippen LogP contribution in [0, 0.1) is 41.5 Å². The lowest BCUT2D eigenvalue weighted by Gasteiger charge is -2.20. The molecular weight excluding hydrogens is 919 g/mol. The predicted octanol–water partition coefficient (Wildman–Crippen LogP) is 8.65. The van der Waals surface area contributed by atoms with E-state index < -0.39 is 24.0 Å². The quantitative estimate of drug-likeness (QED) is 0.0315. The molecule has 6 N–H and O–H groups in total. The van der Waals surface area contributed by atoms with E-state index in [0.29, 0.717) is 67.1 Å². The lowest BCUT2D eigenvalue weighted by Crippen LogP contribution is -2.37. The standard InChI is InChI=1S/C50H56Cl2N4O12/c1-27-33(23-63-47-19-45(65-25-39-29(3)55-67-31(39)5)35(17-41(47)51)21-53-43(13-15-57)49(59)60)9-7-11-37(27)38-12-8-10-34(28(38)2)24-64-48-20-46(66-26-40-30(4)56-68-32(40)6)36(18-42(48)52)22-54-44(14-16-58)50(61)62/h7-12,17-20,43-44,53-54,57-58H,13-16,21-26H2,1-6H3,(H,59,60)(H,61,62). The second-order valence-corrected chi connectivity index (χ2v) is 17.1. The highest BCUT2D eigenvalue weighted by Gasteiger charge is 2.22. The summed E-state index contributed by atoms with van der Waals surface area (Å²) in [4.78, 5) is 23.6. The van der Waals surface area contributed by atoms with Crippen molar-refractivity contribution in [1.29, 1.82) is 0 Å². The number of carboxylic acid groups (broad SMARTS) is 2. The molecule has 2 aromatic heterocycles. The SMILES string of the molecule is Cc1noc(C)c1COc1cc(OCc2cccc(-c3cccc(COc4cc(OCc5c(C)noc5C)c(CNC(CCO)C(=O)O)cc4Cl)c3C)c2C)c(Cl)cc1CNC(CCO)C(=O)O. The fourth-order valence-electron chi connectivity index (χ4n) is 7.56. The Labute approximate surface area is 404 Å². The zero-order chi connectivity index (χ0) is 49.1. The van der Waals surface area contributed by atoms with Crippen molar-refractivity contribution in [3.63, 3.8) is 0 Å². The summed E-state index contributed by atoms with van der Waals surface area (Å²) >= 11 is 13.6. The van der Waals surface area contributed by atoms with Gasteiger partial charge in [0.15, 0.2) is 0 Å². The van der Waals surface area contributed by atoms with Crippen LogP contribution in [-0.2, 0) is 49.1 Å². The number of aryl methyl sites for hydroxylation is 4. The number of carbonyl (C=O) groups is 2. The number of carboxylic acids is 2. The minimum atomic E-state index is -1.09. The van der Waals surface area contributed by atoms with Crippen LogP contribution in [-0.4, -0.2) is 68.0 Å². The third-order valence-electron chi connectivity index (χ3n) is 11.8. The Balaban J connectivity index is 1.21. The molecule has 0 aliphatic heterocycles. The average molecular weight is 976 g/mol. The zero-order valence-electron chi connectivity index (χ0n) is 38.7. The summed E-state index contributed by atoms with van der Waals surface area (Å²) in [5.74, 6) is 0.617. The van der Waals surface area contributed by atoms with Gasteiger partial charge in [-0.05, 0) is 99.9 Å². The Hall–Kier alpha value is -6.14. The zero-order valence-corrected chi connectivity index (χ0v) is 40.2. The number of aliphatic hydroxyl groups is 2. The van der Waals surface area contributed by atoms with Crippen molar-refractivity contribution >= 4 is 35.1 Å². The fourth-order valence-corrected chi connectivity index (χ4v) is 8.04. The van der Waals surface area contributed by atoms with Crippen molar-refractivity contribution in [3.05, 3.63) is 138 Å². The number of aliphatic carboxylic acids is 2. The number of ether oxygens (including phenoxy) is 4. The Bertz CT molecular complexity index is 2500. The highest BCUT2D eigenvalue weighted by molar-refractivity contribution is 6.32. The van der Waals surface area contributed by atoms with Gasteiger partial charge in [-0.3, -0.25) is 9.59 Å². The number of aliphatic hydroxyl groups excluding tert-OH is 2. The van der Waals surface area contributed by atoms with Crippen molar-refractivity contribution < 1.29 is 58.0 Å². The van der Waals surface area contributed by atoms with Gasteiger partial charge >= 0.3 is 11.9 Å². The number of nitrogens with one attached hydrogen (secondary N) is 2. The van der Waals surface area contributed by atoms with Crippen LogP contribution in [0.3, 0.4) is 0 Å². The number of hydrogen-bond donors (Lipinski definition) is 6. The largest absolute Gasteiger partial charge is 0.488 e. The molecule has 2 heterocycles. The average Bonchev–Trinajstić information content (AvgIpc) is 3.81. The Morgan fingerprint density at radius 1 is 0.574 bits per heavy atom. The van der Waals surface area contributed by atoms with Crippen LogP contribution >= 0.6 is 23.2 Å². The molecule has 362 valence electrons. The van der Waals surface area contributed by atoms with Crippen molar-refractivity contribution in [2.75, 3.05) is 13.2 Å². The maximum Gasteiger partial charge on any atom is 0.320 e. The van der Waals surface area contributed by atoms with Crippen LogP contribution in [0.15, 0.2) is 69.7 Å². The molecule has 0 saturated carbocycles. The Morgan fingerprint density at radius 3 is 1.29 bits per heavy atom. The molecule has 0 aliphatic rings. The van der Waals surface area contributed by atoms with Crippen LogP contribution in [0.25, 0.3) is 11.1 Å². The van der Waals surface area contributed by atoms with Gasteiger partial charge in [0.1, 0.15) is 73.0 Å². The van der Waals surface area contributed by atoms with E-state index in [1.807, 2.05) is 64.1 Å². The number of benzene rings is 4. The van der Waals surface area contributed by atoms with Gasteiger partial charge in [0, 0.05) is 49.6 Å². The third kappa shape index (κ3) is 12.7. The molecule has 16 nitrogen and oxygen atoms in total. The molecule has 18 heteroatoms. The van der Waals surface area contributed by atoms with Crippen molar-refractivity contribution in [1.82, 2.24) is 20.9 Å². The summed E-state index contributed by atoms with van der Waals surface area (Å²) in [5.41, 5.74) is 9.89. The molecule has 0 spiro atoms. The maximum atomic E-state index is 11.8. The van der Waals surface area contributed by atoms with Crippen LogP contribution < -0.4 is 29.6 Å². The summed E-state index contributed by atoms with van der Waals surface area (Å²) in [7, 11) is 0. The first kappa shape index (κ1) is 51.3. The first-order valence-corrected chi connectivity index (χ1v) is 22.7. The smallest absolute Gasteiger partial charge is 0.320 e. The number of rotatable bonds is 25. The first-order chi connectivity index (χ1) is 32.6. The second-order valence-electron chi connectivity index (χ2n) is 16.3. The molecule has 0 aliphatic carbocycles. The normalized spacial score (nSPS) is 12.2. The molecule has 2 atom stereocenters. The monoisotopic (exact) mass is 974 g/mol. The van der Waals surface area contributed by atoms with E-state index in [4.69, 9.17) is 51.2 Å². The molecule has 6 rings (SSSR count). The highest BCUT2D eigenvalue weighted by atomic mass is 35.5. The van der Waals surface area contributed by atoms with E-state index >= 15 is 0 Å². The molecule has 68 heavy (non-hydrogen) atoms. The van der Waals surface area contributed by atoms with E-state index in [0.717, 1.165) is 44.5 Å². The molecule has 0 radical (unpaired) electrons. The molecule has 0 bridgehead atoms. The van der Waals surface area contributed by atoms with E-state index in [1.165, 1.54) is 0 Å². The molecule has 4 aromatic carbocycles. The number of hydrogen-bond acceptors (Lipinski definition) is 14. The van der Waals surface area contributed by atoms with Gasteiger partial charge in [-0.15, -0.1) is 0 Å². The van der Waals surface area contributed by atoms with Gasteiger partial charge in [-0.2, -0.15) is 0 Å². The van der Waals surface area contributed by atoms with Crippen LogP contribution in [0.5, 0.6) is 23.0 Å². The van der Waals surface area contributed by atoms with Crippen LogP contribution in [0.2, 0.25) is 10.0 Å². The van der Waals surface area contributed by atoms with Gasteiger partial charge in [-0.25, -0.2) is 0 Å². The first-order valence-electron chi connectivity index (χ1n) is 21.9. The number of halogens is 2. The summed E-state index contributed by atoms with van der Waals surface area (Å²) < 4.78 is 35.9.